The third kappa shape index (κ3) is 4.97. The molecule has 0 saturated carbocycles. The molecule has 0 bridgehead atoms. The summed E-state index contributed by atoms with van der Waals surface area (Å²) in [6, 6.07) is 20.4. The van der Waals surface area contributed by atoms with E-state index < -0.39 is 5.60 Å². The number of benzene rings is 2. The van der Waals surface area contributed by atoms with Crippen LogP contribution in [0, 0.1) is 0 Å². The molecule has 0 radical (unpaired) electrons. The van der Waals surface area contributed by atoms with Gasteiger partial charge in [0.25, 0.3) is 0 Å². The van der Waals surface area contributed by atoms with Crippen molar-refractivity contribution in [2.24, 2.45) is 0 Å². The number of hydrogen-bond donors (Lipinski definition) is 1. The Hall–Kier alpha value is -2.69. The van der Waals surface area contributed by atoms with Crippen LogP contribution < -0.4 is 0 Å². The molecule has 1 N–H and O–H groups in total. The smallest absolute Gasteiger partial charge is 0.235 e. The van der Waals surface area contributed by atoms with E-state index in [0.29, 0.717) is 5.89 Å². The average molecular weight is 418 g/mol. The second-order valence-electron chi connectivity index (χ2n) is 9.24. The summed E-state index contributed by atoms with van der Waals surface area (Å²) in [6.45, 7) is 1.72. The highest BCUT2D eigenvalue weighted by atomic mass is 16.4. The number of rotatable bonds is 8. The van der Waals surface area contributed by atoms with Gasteiger partial charge in [0.05, 0.1) is 26.8 Å². The van der Waals surface area contributed by atoms with E-state index in [9.17, 15) is 5.11 Å². The van der Waals surface area contributed by atoms with E-state index >= 15 is 0 Å². The van der Waals surface area contributed by atoms with Crippen LogP contribution in [0.3, 0.4) is 0 Å². The van der Waals surface area contributed by atoms with Crippen LogP contribution in [0.4, 0.5) is 0 Å². The minimum atomic E-state index is -1.30. The molecule has 0 amide bonds. The fourth-order valence-electron chi connectivity index (χ4n) is 4.42. The molecule has 3 aromatic rings. The summed E-state index contributed by atoms with van der Waals surface area (Å²) < 4.78 is 7.01. The van der Waals surface area contributed by atoms with E-state index in [2.05, 4.69) is 55.5 Å². The molecule has 1 aliphatic carbocycles. The molecule has 0 aliphatic heterocycles. The van der Waals surface area contributed by atoms with Gasteiger partial charge in [0, 0.05) is 6.42 Å². The number of allylic oxidation sites excluding steroid dienone is 1. The van der Waals surface area contributed by atoms with Crippen molar-refractivity contribution >= 4 is 0 Å². The topological polar surface area (TPSA) is 46.3 Å². The second-order valence-corrected chi connectivity index (χ2v) is 9.24. The van der Waals surface area contributed by atoms with Crippen molar-refractivity contribution in [1.82, 2.24) is 4.98 Å². The molecular weight excluding hydrogens is 384 g/mol. The van der Waals surface area contributed by atoms with E-state index in [4.69, 9.17) is 4.42 Å². The number of hydrogen-bond acceptors (Lipinski definition) is 3. The lowest BCUT2D eigenvalue weighted by Gasteiger charge is -2.31. The van der Waals surface area contributed by atoms with Crippen LogP contribution in [0.2, 0.25) is 0 Å². The van der Waals surface area contributed by atoms with Gasteiger partial charge >= 0.3 is 0 Å². The van der Waals surface area contributed by atoms with Gasteiger partial charge in [-0.1, -0.05) is 66.7 Å². The summed E-state index contributed by atoms with van der Waals surface area (Å²) in [5.74, 6) is 1.18. The van der Waals surface area contributed by atoms with Gasteiger partial charge < -0.3 is 14.0 Å². The first-order valence-corrected chi connectivity index (χ1v) is 11.3. The van der Waals surface area contributed by atoms with E-state index in [1.165, 1.54) is 5.56 Å². The lowest BCUT2D eigenvalue weighted by atomic mass is 9.80. The van der Waals surface area contributed by atoms with Gasteiger partial charge in [-0.05, 0) is 42.4 Å². The highest BCUT2D eigenvalue weighted by molar-refractivity contribution is 5.40. The maximum Gasteiger partial charge on any atom is 0.235 e. The SMILES string of the molecule is C[N+](C)(CCc1ccccc1)Cc1cnc([C@@](O)(C2=CCCCC2)c2ccccc2)o1. The summed E-state index contributed by atoms with van der Waals surface area (Å²) in [5, 5.41) is 11.9. The summed E-state index contributed by atoms with van der Waals surface area (Å²) in [6.07, 6.45) is 9.06. The first-order valence-electron chi connectivity index (χ1n) is 11.3. The molecule has 4 nitrogen and oxygen atoms in total. The Bertz CT molecular complexity index is 1010. The van der Waals surface area contributed by atoms with Gasteiger partial charge in [-0.2, -0.15) is 0 Å². The summed E-state index contributed by atoms with van der Waals surface area (Å²) in [4.78, 5) is 4.57. The Labute approximate surface area is 185 Å². The first-order chi connectivity index (χ1) is 15.0. The minimum absolute atomic E-state index is 0.380. The van der Waals surface area contributed by atoms with Crippen molar-refractivity contribution in [2.75, 3.05) is 20.6 Å². The van der Waals surface area contributed by atoms with Crippen LogP contribution >= 0.6 is 0 Å². The second kappa shape index (κ2) is 9.21. The van der Waals surface area contributed by atoms with Crippen molar-refractivity contribution in [3.63, 3.8) is 0 Å². The van der Waals surface area contributed by atoms with Crippen molar-refractivity contribution < 1.29 is 14.0 Å². The number of quaternary nitrogens is 1. The molecule has 4 heteroatoms. The number of likely N-dealkylation sites (N-methyl/N-ethyl adjacent to an activating group) is 1. The Morgan fingerprint density at radius 3 is 2.39 bits per heavy atom. The number of oxazole rings is 1. The predicted molar refractivity (Wildman–Crippen MR) is 123 cm³/mol. The van der Waals surface area contributed by atoms with Crippen LogP contribution in [-0.4, -0.2) is 35.2 Å². The standard InChI is InChI=1S/C27H33N2O2/c1-29(2,19-18-22-12-6-3-7-13-22)21-25-20-28-26(31-25)27(30,23-14-8-4-9-15-23)24-16-10-5-11-17-24/h3-4,6-9,12-16,20,30H,5,10-11,17-19,21H2,1-2H3/q+1/t27-/m0/s1. The molecule has 0 saturated heterocycles. The highest BCUT2D eigenvalue weighted by Gasteiger charge is 2.41. The molecule has 1 atom stereocenters. The lowest BCUT2D eigenvalue weighted by Crippen LogP contribution is -2.40. The number of aromatic nitrogens is 1. The van der Waals surface area contributed by atoms with Crippen molar-refractivity contribution in [1.29, 1.82) is 0 Å². The van der Waals surface area contributed by atoms with E-state index in [0.717, 1.165) is 66.6 Å². The number of aliphatic hydroxyl groups is 1. The molecule has 0 spiro atoms. The molecule has 162 valence electrons. The van der Waals surface area contributed by atoms with Crippen LogP contribution in [0.5, 0.6) is 0 Å². The quantitative estimate of drug-likeness (QED) is 0.403. The fraction of sp³-hybridized carbons (Fsp3) is 0.370. The molecule has 0 unspecified atom stereocenters. The molecular formula is C27H33N2O2+. The maximum atomic E-state index is 11.9. The molecule has 1 aromatic heterocycles. The van der Waals surface area contributed by atoms with Crippen LogP contribution in [0.25, 0.3) is 0 Å². The molecule has 31 heavy (non-hydrogen) atoms. The molecule has 4 rings (SSSR count). The molecule has 1 heterocycles. The Balaban J connectivity index is 1.55. The molecule has 2 aromatic carbocycles. The van der Waals surface area contributed by atoms with Gasteiger partial charge in [-0.25, -0.2) is 4.98 Å². The zero-order chi connectivity index (χ0) is 21.7. The van der Waals surface area contributed by atoms with Gasteiger partial charge in [0.2, 0.25) is 5.89 Å². The van der Waals surface area contributed by atoms with Crippen LogP contribution in [-0.2, 0) is 18.6 Å². The monoisotopic (exact) mass is 417 g/mol. The fourth-order valence-corrected chi connectivity index (χ4v) is 4.42. The van der Waals surface area contributed by atoms with Gasteiger partial charge in [0.15, 0.2) is 11.4 Å². The van der Waals surface area contributed by atoms with Crippen molar-refractivity contribution in [3.8, 4) is 0 Å². The Kier molecular flexibility index (Phi) is 6.40. The Morgan fingerprint density at radius 2 is 1.71 bits per heavy atom. The maximum absolute atomic E-state index is 11.9. The van der Waals surface area contributed by atoms with E-state index in [-0.39, 0.29) is 0 Å². The van der Waals surface area contributed by atoms with E-state index in [1.54, 1.807) is 6.20 Å². The highest BCUT2D eigenvalue weighted by Crippen LogP contribution is 2.40. The van der Waals surface area contributed by atoms with Gasteiger partial charge in [-0.15, -0.1) is 0 Å². The molecule has 0 fully saturated rings. The Morgan fingerprint density at radius 1 is 1.00 bits per heavy atom. The van der Waals surface area contributed by atoms with Gasteiger partial charge in [-0.3, -0.25) is 0 Å². The zero-order valence-electron chi connectivity index (χ0n) is 18.6. The van der Waals surface area contributed by atoms with Crippen LogP contribution in [0.15, 0.2) is 82.9 Å². The lowest BCUT2D eigenvalue weighted by molar-refractivity contribution is -0.904. The van der Waals surface area contributed by atoms with E-state index in [1.807, 2.05) is 30.3 Å². The summed E-state index contributed by atoms with van der Waals surface area (Å²) >= 11 is 0. The van der Waals surface area contributed by atoms with Crippen molar-refractivity contribution in [3.05, 3.63) is 101 Å². The largest absolute Gasteiger partial charge is 0.436 e. The van der Waals surface area contributed by atoms with Crippen LogP contribution in [0.1, 0.15) is 48.5 Å². The minimum Gasteiger partial charge on any atom is -0.436 e. The average Bonchev–Trinajstić information content (AvgIpc) is 3.27. The zero-order valence-corrected chi connectivity index (χ0v) is 18.6. The van der Waals surface area contributed by atoms with Crippen molar-refractivity contribution in [2.45, 2.75) is 44.2 Å². The third-order valence-electron chi connectivity index (χ3n) is 6.24. The molecule has 1 aliphatic rings. The first kappa shape index (κ1) is 21.5. The van der Waals surface area contributed by atoms with Gasteiger partial charge in [0.1, 0.15) is 6.54 Å². The normalized spacial score (nSPS) is 16.5. The predicted octanol–water partition coefficient (Wildman–Crippen LogP) is 5.23. The summed E-state index contributed by atoms with van der Waals surface area (Å²) in [7, 11) is 4.41. The third-order valence-corrected chi connectivity index (χ3v) is 6.24. The summed E-state index contributed by atoms with van der Waals surface area (Å²) in [5.41, 5.74) is 1.85. The number of nitrogens with zero attached hydrogens (tertiary/aromatic N) is 2.